The molecule has 0 bridgehead atoms. The average molecular weight is 222 g/mol. The van der Waals surface area contributed by atoms with Crippen molar-refractivity contribution < 1.29 is 47.2 Å². The molecule has 0 aliphatic carbocycles. The van der Waals surface area contributed by atoms with Gasteiger partial charge in [-0.1, -0.05) is 0 Å². The summed E-state index contributed by atoms with van der Waals surface area (Å²) in [6, 6.07) is 0. The van der Waals surface area contributed by atoms with Crippen LogP contribution in [0, 0.1) is 0 Å². The molecule has 0 aromatic heterocycles. The monoisotopic (exact) mass is 224 g/mol. The summed E-state index contributed by atoms with van der Waals surface area (Å²) < 4.78 is 37.0. The Morgan fingerprint density at radius 2 is 1.17 bits per heavy atom. The van der Waals surface area contributed by atoms with E-state index in [-0.39, 0.29) is 17.1 Å². The topological polar surface area (TPSA) is 34.1 Å². The van der Waals surface area contributed by atoms with Gasteiger partial charge in [-0.05, 0) is 0 Å². The molecule has 0 N–H and O–H groups in total. The first-order valence-electron chi connectivity index (χ1n) is 0.642. The zero-order chi connectivity index (χ0) is 4.50. The van der Waals surface area contributed by atoms with E-state index in [1.54, 1.807) is 0 Å². The van der Waals surface area contributed by atoms with Crippen molar-refractivity contribution in [2.24, 2.45) is 0 Å². The van der Waals surface area contributed by atoms with E-state index in [0.29, 0.717) is 0 Å². The van der Waals surface area contributed by atoms with Crippen LogP contribution in [0.5, 0.6) is 0 Å². The van der Waals surface area contributed by atoms with Crippen LogP contribution in [0.25, 0.3) is 0 Å². The number of rotatable bonds is 0. The minimum absolute atomic E-state index is 0. The molecule has 0 spiro atoms. The van der Waals surface area contributed by atoms with E-state index in [4.69, 9.17) is 6.80 Å². The van der Waals surface area contributed by atoms with E-state index < -0.39 is 17.0 Å². The molecule has 0 amide bonds. The van der Waals surface area contributed by atoms with Crippen LogP contribution in [0.15, 0.2) is 0 Å². The molecular formula is F2FeMoO2. The van der Waals surface area contributed by atoms with Gasteiger partial charge < -0.3 is 0 Å². The maximum absolute atomic E-state index is 10.1. The Morgan fingerprint density at radius 1 is 1.17 bits per heavy atom. The molecule has 0 atom stereocenters. The first kappa shape index (κ1) is 9.83. The van der Waals surface area contributed by atoms with Crippen LogP contribution >= 0.6 is 0 Å². The van der Waals surface area contributed by atoms with Gasteiger partial charge in [0.05, 0.1) is 0 Å². The molecule has 0 rings (SSSR count). The second kappa shape index (κ2) is 2.78. The van der Waals surface area contributed by atoms with Crippen molar-refractivity contribution in [3.63, 3.8) is 0 Å². The van der Waals surface area contributed by atoms with Crippen LogP contribution in [0.1, 0.15) is 0 Å². The molecule has 0 aliphatic rings. The predicted octanol–water partition coefficient (Wildman–Crippen LogP) is 0.598. The van der Waals surface area contributed by atoms with Crippen LogP contribution in [-0.4, -0.2) is 0 Å². The molecule has 0 saturated carbocycles. The molecule has 0 fully saturated rings. The van der Waals surface area contributed by atoms with Crippen molar-refractivity contribution in [2.45, 2.75) is 0 Å². The standard InChI is InChI=1S/2FH.Fe.Mo.2O/h2*1H;;;;/q;;;+2;;/p-2. The fourth-order valence-corrected chi connectivity index (χ4v) is 0. The Balaban J connectivity index is 0. The van der Waals surface area contributed by atoms with Crippen LogP contribution < -0.4 is 0 Å². The molecule has 6 heteroatoms. The molecular weight excluding hydrogens is 222 g/mol. The van der Waals surface area contributed by atoms with Crippen molar-refractivity contribution in [1.29, 1.82) is 0 Å². The van der Waals surface area contributed by atoms with Gasteiger partial charge in [0.2, 0.25) is 0 Å². The first-order valence-corrected chi connectivity index (χ1v) is 3.80. The number of hydrogen-bond acceptors (Lipinski definition) is 2. The molecule has 0 unspecified atom stereocenters. The molecule has 0 aromatic rings. The van der Waals surface area contributed by atoms with Crippen LogP contribution in [0.3, 0.4) is 0 Å². The van der Waals surface area contributed by atoms with Gasteiger partial charge in [-0.15, -0.1) is 0 Å². The Kier molecular flexibility index (Phi) is 4.55. The van der Waals surface area contributed by atoms with Crippen molar-refractivity contribution in [3.8, 4) is 0 Å². The molecule has 0 aromatic carbocycles. The summed E-state index contributed by atoms with van der Waals surface area (Å²) in [5.74, 6) is 0. The van der Waals surface area contributed by atoms with Gasteiger partial charge in [-0.2, -0.15) is 0 Å². The van der Waals surface area contributed by atoms with Crippen molar-refractivity contribution >= 4 is 0 Å². The van der Waals surface area contributed by atoms with E-state index in [1.807, 2.05) is 0 Å². The van der Waals surface area contributed by atoms with E-state index in [1.165, 1.54) is 0 Å². The van der Waals surface area contributed by atoms with Crippen LogP contribution in [0.2, 0.25) is 0 Å². The molecule has 0 saturated heterocycles. The third-order valence-electron chi connectivity index (χ3n) is 0. The van der Waals surface area contributed by atoms with Crippen LogP contribution in [0.4, 0.5) is 6.32 Å². The fourth-order valence-electron chi connectivity index (χ4n) is 0. The zero-order valence-corrected chi connectivity index (χ0v) is 5.45. The van der Waals surface area contributed by atoms with Crippen molar-refractivity contribution in [3.05, 3.63) is 0 Å². The van der Waals surface area contributed by atoms with Gasteiger partial charge >= 0.3 is 30.1 Å². The molecule has 0 heterocycles. The summed E-state index contributed by atoms with van der Waals surface area (Å²) in [6.07, 6.45) is 0. The summed E-state index contributed by atoms with van der Waals surface area (Å²) in [5.41, 5.74) is 0. The summed E-state index contributed by atoms with van der Waals surface area (Å²) >= 11 is -6.52. The van der Waals surface area contributed by atoms with Gasteiger partial charge in [0.1, 0.15) is 0 Å². The normalized spacial score (nSPS) is 9.67. The van der Waals surface area contributed by atoms with E-state index >= 15 is 0 Å². The second-order valence-electron chi connectivity index (χ2n) is 0.378. The SMILES string of the molecule is [Fe].[O]=[Mo](=[O])([F])[F]. The van der Waals surface area contributed by atoms with Gasteiger partial charge in [-0.25, -0.2) is 0 Å². The fraction of sp³-hybridized carbons (Fsp3) is 0. The Bertz CT molecular complexity index is 94.7. The summed E-state index contributed by atoms with van der Waals surface area (Å²) in [4.78, 5) is 0. The molecule has 0 radical (unpaired) electrons. The number of hydrogen-bond donors (Lipinski definition) is 0. The zero-order valence-electron chi connectivity index (χ0n) is 2.33. The van der Waals surface area contributed by atoms with Gasteiger partial charge in [0, 0.05) is 17.1 Å². The van der Waals surface area contributed by atoms with Crippen LogP contribution in [-0.2, 0) is 40.9 Å². The Morgan fingerprint density at radius 3 is 1.17 bits per heavy atom. The third kappa shape index (κ3) is 141. The van der Waals surface area contributed by atoms with E-state index in [2.05, 4.69) is 0 Å². The van der Waals surface area contributed by atoms with Gasteiger partial charge in [-0.3, -0.25) is 0 Å². The maximum atomic E-state index is 10.1. The molecule has 0 aliphatic heterocycles. The van der Waals surface area contributed by atoms with E-state index in [9.17, 15) is 6.32 Å². The summed E-state index contributed by atoms with van der Waals surface area (Å²) in [7, 11) is 0. The first-order chi connectivity index (χ1) is 2.00. The quantitative estimate of drug-likeness (QED) is 0.562. The third-order valence-corrected chi connectivity index (χ3v) is 0. The van der Waals surface area contributed by atoms with Gasteiger partial charge in [0.15, 0.2) is 0 Å². The molecule has 40 valence electrons. The predicted molar refractivity (Wildman–Crippen MR) is 3.59 cm³/mol. The Hall–Kier alpha value is 0.668. The molecule has 2 nitrogen and oxygen atoms in total. The average Bonchev–Trinajstić information content (AvgIpc) is 0.722. The summed E-state index contributed by atoms with van der Waals surface area (Å²) in [6.45, 7) is 0. The van der Waals surface area contributed by atoms with Crippen molar-refractivity contribution in [2.75, 3.05) is 0 Å². The summed E-state index contributed by atoms with van der Waals surface area (Å²) in [5, 5.41) is 0. The minimum atomic E-state index is -6.52. The van der Waals surface area contributed by atoms with Crippen molar-refractivity contribution in [1.82, 2.24) is 0 Å². The molecule has 6 heavy (non-hydrogen) atoms. The Labute approximate surface area is 47.5 Å². The van der Waals surface area contributed by atoms with Gasteiger partial charge in [0.25, 0.3) is 0 Å². The van der Waals surface area contributed by atoms with E-state index in [0.717, 1.165) is 0 Å². The number of halogens is 2. The second-order valence-corrected chi connectivity index (χ2v) is 2.24.